The molecule has 0 spiro atoms. The normalized spacial score (nSPS) is 16.5. The molecule has 4 nitrogen and oxygen atoms in total. The number of rotatable bonds is 12. The van der Waals surface area contributed by atoms with Gasteiger partial charge in [0.2, 0.25) is 0 Å². The summed E-state index contributed by atoms with van der Waals surface area (Å²) in [6, 6.07) is 0. The van der Waals surface area contributed by atoms with Crippen LogP contribution < -0.4 is 0 Å². The predicted molar refractivity (Wildman–Crippen MR) is 73.0 cm³/mol. The lowest BCUT2D eigenvalue weighted by Crippen LogP contribution is -2.26. The molecule has 0 aromatic rings. The summed E-state index contributed by atoms with van der Waals surface area (Å²) in [5.41, 5.74) is 0. The fourth-order valence-corrected chi connectivity index (χ4v) is 1.42. The molecular formula is C14H30O4. The number of hydrogen-bond donors (Lipinski definition) is 0. The fraction of sp³-hybridized carbons (Fsp3) is 1.00. The molecule has 0 fully saturated rings. The average Bonchev–Trinajstić information content (AvgIpc) is 2.34. The maximum absolute atomic E-state index is 5.65. The summed E-state index contributed by atoms with van der Waals surface area (Å²) in [5.74, 6) is 0. The van der Waals surface area contributed by atoms with Crippen LogP contribution in [-0.4, -0.2) is 51.3 Å². The van der Waals surface area contributed by atoms with Crippen molar-refractivity contribution >= 4 is 0 Å². The van der Waals surface area contributed by atoms with Crippen LogP contribution in [0.5, 0.6) is 0 Å². The lowest BCUT2D eigenvalue weighted by molar-refractivity contribution is -0.0786. The van der Waals surface area contributed by atoms with Crippen LogP contribution >= 0.6 is 0 Å². The van der Waals surface area contributed by atoms with Gasteiger partial charge in [0.15, 0.2) is 0 Å². The standard InChI is InChI=1S/C14H30O4/c1-6-8-15-9-12(3)17-11-14(5)18-10-13(4)16-7-2/h12-14H,6-11H2,1-5H3. The molecule has 0 aromatic carbocycles. The molecular weight excluding hydrogens is 232 g/mol. The quantitative estimate of drug-likeness (QED) is 0.507. The zero-order valence-corrected chi connectivity index (χ0v) is 12.6. The van der Waals surface area contributed by atoms with E-state index in [1.54, 1.807) is 0 Å². The molecule has 0 aliphatic carbocycles. The molecule has 3 unspecified atom stereocenters. The van der Waals surface area contributed by atoms with E-state index in [4.69, 9.17) is 18.9 Å². The maximum atomic E-state index is 5.65. The van der Waals surface area contributed by atoms with Gasteiger partial charge in [-0.15, -0.1) is 0 Å². The molecule has 0 heterocycles. The van der Waals surface area contributed by atoms with Crippen LogP contribution in [0.1, 0.15) is 41.0 Å². The summed E-state index contributed by atoms with van der Waals surface area (Å²) >= 11 is 0. The minimum atomic E-state index is 0.0848. The second-order valence-electron chi connectivity index (χ2n) is 4.63. The van der Waals surface area contributed by atoms with E-state index >= 15 is 0 Å². The van der Waals surface area contributed by atoms with Gasteiger partial charge < -0.3 is 18.9 Å². The molecule has 0 amide bonds. The average molecular weight is 262 g/mol. The van der Waals surface area contributed by atoms with Crippen LogP contribution in [0.15, 0.2) is 0 Å². The molecule has 110 valence electrons. The van der Waals surface area contributed by atoms with Crippen LogP contribution in [-0.2, 0) is 18.9 Å². The van der Waals surface area contributed by atoms with Crippen LogP contribution in [0, 0.1) is 0 Å². The highest BCUT2D eigenvalue weighted by Gasteiger charge is 2.09. The summed E-state index contributed by atoms with van der Waals surface area (Å²) in [6.07, 6.45) is 1.39. The Bertz CT molecular complexity index is 175. The van der Waals surface area contributed by atoms with Gasteiger partial charge in [-0.25, -0.2) is 0 Å². The van der Waals surface area contributed by atoms with E-state index < -0.39 is 0 Å². The maximum Gasteiger partial charge on any atom is 0.0781 e. The SMILES string of the molecule is CCCOCC(C)OCC(C)OCC(C)OCC. The van der Waals surface area contributed by atoms with Gasteiger partial charge in [-0.1, -0.05) is 6.92 Å². The Morgan fingerprint density at radius 2 is 1.22 bits per heavy atom. The minimum Gasteiger partial charge on any atom is -0.379 e. The van der Waals surface area contributed by atoms with Gasteiger partial charge in [0.05, 0.1) is 38.1 Å². The molecule has 0 saturated carbocycles. The molecule has 0 rings (SSSR count). The highest BCUT2D eigenvalue weighted by atomic mass is 16.6. The zero-order chi connectivity index (χ0) is 13.8. The van der Waals surface area contributed by atoms with Crippen LogP contribution in [0.2, 0.25) is 0 Å². The number of ether oxygens (including phenoxy) is 4. The van der Waals surface area contributed by atoms with Crippen LogP contribution in [0.3, 0.4) is 0 Å². The summed E-state index contributed by atoms with van der Waals surface area (Å²) in [4.78, 5) is 0. The second kappa shape index (κ2) is 11.9. The van der Waals surface area contributed by atoms with E-state index in [1.807, 2.05) is 27.7 Å². The first-order chi connectivity index (χ1) is 8.60. The Balaban J connectivity index is 3.47. The first kappa shape index (κ1) is 17.8. The fourth-order valence-electron chi connectivity index (χ4n) is 1.42. The van der Waals surface area contributed by atoms with Crippen LogP contribution in [0.25, 0.3) is 0 Å². The summed E-state index contributed by atoms with van der Waals surface area (Å²) < 4.78 is 22.1. The van der Waals surface area contributed by atoms with Crippen LogP contribution in [0.4, 0.5) is 0 Å². The second-order valence-corrected chi connectivity index (χ2v) is 4.63. The summed E-state index contributed by atoms with van der Waals surface area (Å²) in [5, 5.41) is 0. The van der Waals surface area contributed by atoms with Crippen molar-refractivity contribution in [2.45, 2.75) is 59.4 Å². The van der Waals surface area contributed by atoms with E-state index in [2.05, 4.69) is 6.92 Å². The molecule has 3 atom stereocenters. The van der Waals surface area contributed by atoms with Gasteiger partial charge in [-0.2, -0.15) is 0 Å². The van der Waals surface area contributed by atoms with Crippen molar-refractivity contribution in [3.63, 3.8) is 0 Å². The van der Waals surface area contributed by atoms with E-state index in [9.17, 15) is 0 Å². The predicted octanol–water partition coefficient (Wildman–Crippen LogP) is 2.65. The van der Waals surface area contributed by atoms with Crippen molar-refractivity contribution in [2.75, 3.05) is 33.0 Å². The van der Waals surface area contributed by atoms with Crippen molar-refractivity contribution in [2.24, 2.45) is 0 Å². The van der Waals surface area contributed by atoms with Gasteiger partial charge in [-0.05, 0) is 34.1 Å². The Kier molecular flexibility index (Phi) is 11.8. The Morgan fingerprint density at radius 1 is 0.722 bits per heavy atom. The van der Waals surface area contributed by atoms with Gasteiger partial charge >= 0.3 is 0 Å². The molecule has 18 heavy (non-hydrogen) atoms. The largest absolute Gasteiger partial charge is 0.379 e. The van der Waals surface area contributed by atoms with Gasteiger partial charge in [-0.3, -0.25) is 0 Å². The van der Waals surface area contributed by atoms with E-state index in [0.717, 1.165) is 19.6 Å². The summed E-state index contributed by atoms with van der Waals surface area (Å²) in [7, 11) is 0. The lowest BCUT2D eigenvalue weighted by atomic mass is 10.4. The molecule has 0 radical (unpaired) electrons. The van der Waals surface area contributed by atoms with Gasteiger partial charge in [0.1, 0.15) is 0 Å². The van der Waals surface area contributed by atoms with E-state index in [-0.39, 0.29) is 18.3 Å². The third-order valence-corrected chi connectivity index (χ3v) is 2.38. The Morgan fingerprint density at radius 3 is 1.72 bits per heavy atom. The Hall–Kier alpha value is -0.160. The third kappa shape index (κ3) is 11.0. The smallest absolute Gasteiger partial charge is 0.0781 e. The molecule has 0 N–H and O–H groups in total. The first-order valence-electron chi connectivity index (χ1n) is 7.02. The molecule has 0 aliphatic heterocycles. The zero-order valence-electron chi connectivity index (χ0n) is 12.6. The van der Waals surface area contributed by atoms with Gasteiger partial charge in [0.25, 0.3) is 0 Å². The lowest BCUT2D eigenvalue weighted by Gasteiger charge is -2.19. The molecule has 0 aromatic heterocycles. The molecule has 0 bridgehead atoms. The Labute approximate surface area is 112 Å². The van der Waals surface area contributed by atoms with Crippen molar-refractivity contribution in [3.05, 3.63) is 0 Å². The van der Waals surface area contributed by atoms with E-state index in [1.165, 1.54) is 0 Å². The first-order valence-corrected chi connectivity index (χ1v) is 7.02. The minimum absolute atomic E-state index is 0.0848. The van der Waals surface area contributed by atoms with Crippen molar-refractivity contribution in [1.29, 1.82) is 0 Å². The van der Waals surface area contributed by atoms with Crippen molar-refractivity contribution in [1.82, 2.24) is 0 Å². The highest BCUT2D eigenvalue weighted by Crippen LogP contribution is 2.00. The monoisotopic (exact) mass is 262 g/mol. The topological polar surface area (TPSA) is 36.9 Å². The third-order valence-electron chi connectivity index (χ3n) is 2.38. The molecule has 0 saturated heterocycles. The number of hydrogen-bond acceptors (Lipinski definition) is 4. The van der Waals surface area contributed by atoms with Crippen molar-refractivity contribution in [3.8, 4) is 0 Å². The van der Waals surface area contributed by atoms with Gasteiger partial charge in [0, 0.05) is 13.2 Å². The highest BCUT2D eigenvalue weighted by molar-refractivity contribution is 4.54. The molecule has 0 aliphatic rings. The summed E-state index contributed by atoms with van der Waals surface area (Å²) in [6.45, 7) is 13.5. The molecule has 4 heteroatoms. The van der Waals surface area contributed by atoms with Crippen molar-refractivity contribution < 1.29 is 18.9 Å². The van der Waals surface area contributed by atoms with E-state index in [0.29, 0.717) is 19.8 Å².